The van der Waals surface area contributed by atoms with Gasteiger partial charge in [0.05, 0.1) is 24.7 Å². The highest BCUT2D eigenvalue weighted by Crippen LogP contribution is 2.71. The third kappa shape index (κ3) is 3.27. The molecule has 0 amide bonds. The summed E-state index contributed by atoms with van der Waals surface area (Å²) < 4.78 is 11.5. The lowest BCUT2D eigenvalue weighted by molar-refractivity contribution is -0.238. The van der Waals surface area contributed by atoms with E-state index in [1.807, 2.05) is 0 Å². The molecule has 1 spiro atoms. The summed E-state index contributed by atoms with van der Waals surface area (Å²) in [6, 6.07) is 0. The van der Waals surface area contributed by atoms with E-state index < -0.39 is 16.9 Å². The molecule has 0 radical (unpaired) electrons. The van der Waals surface area contributed by atoms with Crippen molar-refractivity contribution in [3.8, 4) is 0 Å². The Morgan fingerprint density at radius 1 is 1.03 bits per heavy atom. The first-order valence-electron chi connectivity index (χ1n) is 12.4. The van der Waals surface area contributed by atoms with Crippen LogP contribution in [0.4, 0.5) is 0 Å². The Hall–Kier alpha value is -1.69. The third-order valence-corrected chi connectivity index (χ3v) is 9.57. The predicted octanol–water partition coefficient (Wildman–Crippen LogP) is 3.99. The molecule has 0 aromatic rings. The number of aliphatic hydroxyl groups is 1. The van der Waals surface area contributed by atoms with Gasteiger partial charge < -0.3 is 14.6 Å². The van der Waals surface area contributed by atoms with Gasteiger partial charge in [-0.25, -0.2) is 0 Å². The van der Waals surface area contributed by atoms with Crippen LogP contribution in [0.1, 0.15) is 78.6 Å². The highest BCUT2D eigenvalue weighted by atomic mass is 16.5. The Balaban J connectivity index is 1.76. The number of allylic oxidation sites excluding steroid dienone is 1. The van der Waals surface area contributed by atoms with Crippen molar-refractivity contribution in [3.63, 3.8) is 0 Å². The van der Waals surface area contributed by atoms with Gasteiger partial charge in [0, 0.05) is 23.7 Å². The maximum Gasteiger partial charge on any atom is 0.305 e. The number of fused-ring (bicyclic) bond motifs is 3. The van der Waals surface area contributed by atoms with Crippen molar-refractivity contribution in [1.29, 1.82) is 0 Å². The van der Waals surface area contributed by atoms with Crippen molar-refractivity contribution in [1.82, 2.24) is 0 Å². The molecular formula is C26H38O6. The molecule has 0 aromatic heterocycles. The molecule has 6 heteroatoms. The summed E-state index contributed by atoms with van der Waals surface area (Å²) in [5.41, 5.74) is -0.883. The minimum Gasteiger partial charge on any atom is -0.465 e. The van der Waals surface area contributed by atoms with Crippen LogP contribution in [0.15, 0.2) is 12.2 Å². The van der Waals surface area contributed by atoms with Gasteiger partial charge in [-0.05, 0) is 61.9 Å². The number of aliphatic hydroxyl groups excluding tert-OH is 1. The molecule has 7 atom stereocenters. The maximum absolute atomic E-state index is 13.5. The van der Waals surface area contributed by atoms with E-state index in [2.05, 4.69) is 13.5 Å². The SMILES string of the molecule is C=C1C(=O)C23CC[C@H]1CC2[C@]1(COC(=O)CC)CCC[C@@](C)(COC(=O)CC)C1C[C@H]3O. The summed E-state index contributed by atoms with van der Waals surface area (Å²) in [5.74, 6) is -0.335. The number of esters is 2. The predicted molar refractivity (Wildman–Crippen MR) is 118 cm³/mol. The first kappa shape index (κ1) is 23.5. The molecule has 5 aliphatic rings. The number of Topliss-reactive ketones (excluding diaryl/α,β-unsaturated/α-hetero) is 1. The van der Waals surface area contributed by atoms with Crippen molar-refractivity contribution < 1.29 is 29.0 Å². The lowest BCUT2D eigenvalue weighted by Gasteiger charge is -2.68. The lowest BCUT2D eigenvalue weighted by Crippen LogP contribution is -2.70. The fraction of sp³-hybridized carbons (Fsp3) is 0.808. The second-order valence-corrected chi connectivity index (χ2v) is 11.0. The van der Waals surface area contributed by atoms with Crippen molar-refractivity contribution in [2.45, 2.75) is 84.7 Å². The zero-order valence-electron chi connectivity index (χ0n) is 19.8. The second-order valence-electron chi connectivity index (χ2n) is 11.0. The average molecular weight is 447 g/mol. The van der Waals surface area contributed by atoms with E-state index in [9.17, 15) is 19.5 Å². The summed E-state index contributed by atoms with van der Waals surface area (Å²) >= 11 is 0. The van der Waals surface area contributed by atoms with Crippen molar-refractivity contribution >= 4 is 17.7 Å². The van der Waals surface area contributed by atoms with Gasteiger partial charge in [0.1, 0.15) is 0 Å². The van der Waals surface area contributed by atoms with Gasteiger partial charge in [-0.2, -0.15) is 0 Å². The van der Waals surface area contributed by atoms with Crippen LogP contribution in [-0.4, -0.2) is 42.1 Å². The van der Waals surface area contributed by atoms with E-state index >= 15 is 0 Å². The van der Waals surface area contributed by atoms with Gasteiger partial charge in [0.25, 0.3) is 0 Å². The molecule has 5 rings (SSSR count). The lowest BCUT2D eigenvalue weighted by atomic mass is 9.35. The van der Waals surface area contributed by atoms with Gasteiger partial charge >= 0.3 is 11.9 Å². The third-order valence-electron chi connectivity index (χ3n) is 9.57. The first-order valence-corrected chi connectivity index (χ1v) is 12.4. The Morgan fingerprint density at radius 2 is 1.69 bits per heavy atom. The average Bonchev–Trinajstić information content (AvgIpc) is 2.80. The molecule has 5 aliphatic carbocycles. The number of ether oxygens (including phenoxy) is 2. The number of carbonyl (C=O) groups is 3. The van der Waals surface area contributed by atoms with Crippen LogP contribution in [0.2, 0.25) is 0 Å². The zero-order chi connectivity index (χ0) is 23.3. The number of rotatable bonds is 6. The van der Waals surface area contributed by atoms with E-state index in [4.69, 9.17) is 9.47 Å². The number of ketones is 1. The molecule has 0 aliphatic heterocycles. The van der Waals surface area contributed by atoms with E-state index in [0.29, 0.717) is 37.9 Å². The molecular weight excluding hydrogens is 408 g/mol. The number of hydrogen-bond donors (Lipinski definition) is 1. The molecule has 1 N–H and O–H groups in total. The van der Waals surface area contributed by atoms with Gasteiger partial charge in [-0.1, -0.05) is 33.8 Å². The topological polar surface area (TPSA) is 89.9 Å². The smallest absolute Gasteiger partial charge is 0.305 e. The zero-order valence-corrected chi connectivity index (χ0v) is 19.8. The molecule has 5 saturated carbocycles. The molecule has 3 unspecified atom stereocenters. The van der Waals surface area contributed by atoms with Crippen LogP contribution in [0.3, 0.4) is 0 Å². The van der Waals surface area contributed by atoms with E-state index in [1.165, 1.54) is 0 Å². The summed E-state index contributed by atoms with van der Waals surface area (Å²) in [5, 5.41) is 11.5. The van der Waals surface area contributed by atoms with Crippen molar-refractivity contribution in [3.05, 3.63) is 12.2 Å². The minimum absolute atomic E-state index is 0.00380. The largest absolute Gasteiger partial charge is 0.465 e. The number of hydrogen-bond acceptors (Lipinski definition) is 6. The Morgan fingerprint density at radius 3 is 2.34 bits per heavy atom. The Kier molecular flexibility index (Phi) is 6.06. The van der Waals surface area contributed by atoms with Crippen LogP contribution >= 0.6 is 0 Å². The molecule has 0 saturated heterocycles. The molecule has 178 valence electrons. The van der Waals surface area contributed by atoms with Crippen molar-refractivity contribution in [2.75, 3.05) is 13.2 Å². The molecule has 2 bridgehead atoms. The molecule has 0 aromatic carbocycles. The highest BCUT2D eigenvalue weighted by molar-refractivity contribution is 6.02. The van der Waals surface area contributed by atoms with E-state index in [-0.39, 0.29) is 47.5 Å². The van der Waals surface area contributed by atoms with Gasteiger partial charge in [0.2, 0.25) is 0 Å². The van der Waals surface area contributed by atoms with Crippen LogP contribution < -0.4 is 0 Å². The normalized spacial score (nSPS) is 42.8. The molecule has 32 heavy (non-hydrogen) atoms. The molecule has 0 heterocycles. The minimum atomic E-state index is -0.820. The highest BCUT2D eigenvalue weighted by Gasteiger charge is 2.71. The number of carbonyl (C=O) groups excluding carboxylic acids is 3. The van der Waals surface area contributed by atoms with Crippen LogP contribution in [0.25, 0.3) is 0 Å². The van der Waals surface area contributed by atoms with E-state index in [1.54, 1.807) is 13.8 Å². The molecule has 5 fully saturated rings. The first-order chi connectivity index (χ1) is 15.1. The van der Waals surface area contributed by atoms with Crippen LogP contribution in [0.5, 0.6) is 0 Å². The summed E-state index contributed by atoms with van der Waals surface area (Å²) in [7, 11) is 0. The second kappa shape index (κ2) is 8.27. The van der Waals surface area contributed by atoms with Gasteiger partial charge in [-0.3, -0.25) is 14.4 Å². The van der Waals surface area contributed by atoms with Crippen LogP contribution in [0, 0.1) is 34.0 Å². The van der Waals surface area contributed by atoms with Gasteiger partial charge in [0.15, 0.2) is 5.78 Å². The van der Waals surface area contributed by atoms with Crippen molar-refractivity contribution in [2.24, 2.45) is 34.0 Å². The maximum atomic E-state index is 13.5. The summed E-state index contributed by atoms with van der Waals surface area (Å²) in [4.78, 5) is 37.7. The summed E-state index contributed by atoms with van der Waals surface area (Å²) in [6.45, 7) is 10.4. The monoisotopic (exact) mass is 446 g/mol. The van der Waals surface area contributed by atoms with E-state index in [0.717, 1.165) is 32.1 Å². The van der Waals surface area contributed by atoms with Gasteiger partial charge in [-0.15, -0.1) is 0 Å². The fourth-order valence-electron chi connectivity index (χ4n) is 7.91. The standard InChI is InChI=1S/C26H38O6/c1-5-21(28)31-14-24(4)9-7-10-25(15-32-22(29)6-2)18(24)13-20(27)26-11-8-17(12-19(25)26)16(3)23(26)30/h17-20,27H,3,5-15H2,1-2,4H3/t17-,18?,19?,20+,24-,25-,26?/m0/s1. The molecule has 6 nitrogen and oxygen atoms in total. The van der Waals surface area contributed by atoms with Crippen LogP contribution in [-0.2, 0) is 23.9 Å². The Bertz CT molecular complexity index is 819. The summed E-state index contributed by atoms with van der Waals surface area (Å²) in [6.07, 6.45) is 5.39. The quantitative estimate of drug-likeness (QED) is 0.490. The Labute approximate surface area is 191 Å². The fourth-order valence-corrected chi connectivity index (χ4v) is 7.91.